The maximum atomic E-state index is 8.89. The van der Waals surface area contributed by atoms with Crippen molar-refractivity contribution < 1.29 is 5.11 Å². The Morgan fingerprint density at radius 2 is 2.28 bits per heavy atom. The highest BCUT2D eigenvalue weighted by atomic mass is 35.5. The Hall–Kier alpha value is -0.770. The summed E-state index contributed by atoms with van der Waals surface area (Å²) in [5, 5.41) is 13.1. The van der Waals surface area contributed by atoms with Gasteiger partial charge in [-0.1, -0.05) is 24.6 Å². The van der Waals surface area contributed by atoms with Crippen molar-refractivity contribution in [2.24, 2.45) is 5.92 Å². The molecule has 0 radical (unpaired) electrons. The molecule has 0 bridgehead atoms. The zero-order chi connectivity index (χ0) is 13.0. The van der Waals surface area contributed by atoms with Gasteiger partial charge in [0.15, 0.2) is 0 Å². The monoisotopic (exact) mass is 268 g/mol. The molecule has 1 aliphatic rings. The first-order valence-electron chi connectivity index (χ1n) is 6.54. The smallest absolute Gasteiger partial charge is 0.0556 e. The van der Waals surface area contributed by atoms with Gasteiger partial charge in [0.25, 0.3) is 0 Å². The summed E-state index contributed by atoms with van der Waals surface area (Å²) in [5.41, 5.74) is 1.19. The molecule has 2 unspecified atom stereocenters. The number of halogens is 1. The van der Waals surface area contributed by atoms with Crippen LogP contribution in [0.2, 0.25) is 5.02 Å². The minimum Gasteiger partial charge on any atom is -0.395 e. The van der Waals surface area contributed by atoms with E-state index in [2.05, 4.69) is 23.2 Å². The summed E-state index contributed by atoms with van der Waals surface area (Å²) in [6.45, 7) is 5.18. The van der Waals surface area contributed by atoms with Gasteiger partial charge in [-0.05, 0) is 30.5 Å². The number of rotatable bonds is 4. The first kappa shape index (κ1) is 13.7. The summed E-state index contributed by atoms with van der Waals surface area (Å²) in [6, 6.07) is 8.46. The molecule has 4 heteroatoms. The standard InChI is InChI=1S/C14H21ClN2O/c1-11-7-13(16-5-6-18)10-17(9-11)14-4-2-3-12(15)8-14/h2-4,8,11,13,16,18H,5-7,9-10H2,1H3. The van der Waals surface area contributed by atoms with E-state index >= 15 is 0 Å². The van der Waals surface area contributed by atoms with Crippen LogP contribution in [0.25, 0.3) is 0 Å². The molecular formula is C14H21ClN2O. The molecule has 1 aromatic carbocycles. The van der Waals surface area contributed by atoms with E-state index in [-0.39, 0.29) is 6.61 Å². The van der Waals surface area contributed by atoms with Gasteiger partial charge in [-0.15, -0.1) is 0 Å². The van der Waals surface area contributed by atoms with Crippen LogP contribution in [0.3, 0.4) is 0 Å². The molecule has 1 aliphatic heterocycles. The van der Waals surface area contributed by atoms with Crippen LogP contribution in [0.15, 0.2) is 24.3 Å². The minimum atomic E-state index is 0.196. The topological polar surface area (TPSA) is 35.5 Å². The molecule has 3 nitrogen and oxygen atoms in total. The third kappa shape index (κ3) is 3.61. The van der Waals surface area contributed by atoms with E-state index in [4.69, 9.17) is 16.7 Å². The summed E-state index contributed by atoms with van der Waals surface area (Å²) >= 11 is 6.05. The largest absolute Gasteiger partial charge is 0.395 e. The maximum Gasteiger partial charge on any atom is 0.0556 e. The van der Waals surface area contributed by atoms with E-state index in [9.17, 15) is 0 Å². The SMILES string of the molecule is CC1CC(NCCO)CN(c2cccc(Cl)c2)C1. The summed E-state index contributed by atoms with van der Waals surface area (Å²) in [6.07, 6.45) is 1.16. The number of anilines is 1. The van der Waals surface area contributed by atoms with Gasteiger partial charge in [0, 0.05) is 36.4 Å². The molecule has 0 spiro atoms. The molecular weight excluding hydrogens is 248 g/mol. The molecule has 2 rings (SSSR count). The minimum absolute atomic E-state index is 0.196. The number of nitrogens with one attached hydrogen (secondary N) is 1. The van der Waals surface area contributed by atoms with Crippen molar-refractivity contribution in [1.29, 1.82) is 0 Å². The predicted molar refractivity (Wildman–Crippen MR) is 76.3 cm³/mol. The second-order valence-electron chi connectivity index (χ2n) is 5.10. The summed E-state index contributed by atoms with van der Waals surface area (Å²) in [7, 11) is 0. The molecule has 18 heavy (non-hydrogen) atoms. The summed E-state index contributed by atoms with van der Waals surface area (Å²) in [4.78, 5) is 2.37. The fourth-order valence-electron chi connectivity index (χ4n) is 2.65. The van der Waals surface area contributed by atoms with Crippen molar-refractivity contribution in [3.05, 3.63) is 29.3 Å². The summed E-state index contributed by atoms with van der Waals surface area (Å²) < 4.78 is 0. The second kappa shape index (κ2) is 6.41. The van der Waals surface area contributed by atoms with Crippen molar-refractivity contribution in [2.45, 2.75) is 19.4 Å². The lowest BCUT2D eigenvalue weighted by Crippen LogP contribution is -2.49. The normalized spacial score (nSPS) is 24.3. The fourth-order valence-corrected chi connectivity index (χ4v) is 2.84. The third-order valence-electron chi connectivity index (χ3n) is 3.38. The number of aliphatic hydroxyl groups excluding tert-OH is 1. The highest BCUT2D eigenvalue weighted by Gasteiger charge is 2.24. The van der Waals surface area contributed by atoms with Crippen LogP contribution in [0.4, 0.5) is 5.69 Å². The molecule has 0 aliphatic carbocycles. The number of aliphatic hydroxyl groups is 1. The van der Waals surface area contributed by atoms with E-state index in [1.165, 1.54) is 5.69 Å². The van der Waals surface area contributed by atoms with Gasteiger partial charge < -0.3 is 15.3 Å². The van der Waals surface area contributed by atoms with Gasteiger partial charge in [-0.3, -0.25) is 0 Å². The van der Waals surface area contributed by atoms with Crippen molar-refractivity contribution in [3.8, 4) is 0 Å². The molecule has 2 N–H and O–H groups in total. The van der Waals surface area contributed by atoms with Crippen LogP contribution in [0.1, 0.15) is 13.3 Å². The van der Waals surface area contributed by atoms with E-state index in [1.54, 1.807) is 0 Å². The van der Waals surface area contributed by atoms with Crippen LogP contribution in [-0.2, 0) is 0 Å². The highest BCUT2D eigenvalue weighted by Crippen LogP contribution is 2.25. The predicted octanol–water partition coefficient (Wildman–Crippen LogP) is 2.14. The number of hydrogen-bond donors (Lipinski definition) is 2. The quantitative estimate of drug-likeness (QED) is 0.878. The van der Waals surface area contributed by atoms with Crippen molar-refractivity contribution in [2.75, 3.05) is 31.1 Å². The van der Waals surface area contributed by atoms with Crippen molar-refractivity contribution in [1.82, 2.24) is 5.32 Å². The zero-order valence-corrected chi connectivity index (χ0v) is 11.5. The van der Waals surface area contributed by atoms with Crippen molar-refractivity contribution >= 4 is 17.3 Å². The number of nitrogens with zero attached hydrogens (tertiary/aromatic N) is 1. The average molecular weight is 269 g/mol. The van der Waals surface area contributed by atoms with E-state index in [0.29, 0.717) is 18.5 Å². The Morgan fingerprint density at radius 3 is 3.00 bits per heavy atom. The first-order valence-corrected chi connectivity index (χ1v) is 6.91. The van der Waals surface area contributed by atoms with Crippen LogP contribution in [-0.4, -0.2) is 37.4 Å². The Balaban J connectivity index is 2.03. The third-order valence-corrected chi connectivity index (χ3v) is 3.61. The molecule has 0 aromatic heterocycles. The van der Waals surface area contributed by atoms with Gasteiger partial charge in [-0.2, -0.15) is 0 Å². The Labute approximate surface area is 114 Å². The molecule has 0 saturated carbocycles. The van der Waals surface area contributed by atoms with Gasteiger partial charge >= 0.3 is 0 Å². The number of benzene rings is 1. The lowest BCUT2D eigenvalue weighted by molar-refractivity contribution is 0.269. The Kier molecular flexibility index (Phi) is 4.87. The Morgan fingerprint density at radius 1 is 1.44 bits per heavy atom. The molecule has 0 amide bonds. The van der Waals surface area contributed by atoms with Crippen LogP contribution < -0.4 is 10.2 Å². The molecule has 100 valence electrons. The van der Waals surface area contributed by atoms with E-state index in [1.807, 2.05) is 18.2 Å². The lowest BCUT2D eigenvalue weighted by atomic mass is 9.95. The van der Waals surface area contributed by atoms with Crippen LogP contribution >= 0.6 is 11.6 Å². The molecule has 1 fully saturated rings. The van der Waals surface area contributed by atoms with E-state index < -0.39 is 0 Å². The number of hydrogen-bond acceptors (Lipinski definition) is 3. The second-order valence-corrected chi connectivity index (χ2v) is 5.54. The average Bonchev–Trinajstić information content (AvgIpc) is 2.36. The van der Waals surface area contributed by atoms with Crippen LogP contribution in [0.5, 0.6) is 0 Å². The van der Waals surface area contributed by atoms with Gasteiger partial charge in [0.1, 0.15) is 0 Å². The maximum absolute atomic E-state index is 8.89. The molecule has 1 heterocycles. The molecule has 1 aromatic rings. The Bertz CT molecular complexity index is 386. The van der Waals surface area contributed by atoms with E-state index in [0.717, 1.165) is 24.5 Å². The van der Waals surface area contributed by atoms with Gasteiger partial charge in [0.05, 0.1) is 6.61 Å². The van der Waals surface area contributed by atoms with Crippen LogP contribution in [0, 0.1) is 5.92 Å². The van der Waals surface area contributed by atoms with Gasteiger partial charge in [-0.25, -0.2) is 0 Å². The molecule has 1 saturated heterocycles. The zero-order valence-electron chi connectivity index (χ0n) is 10.8. The highest BCUT2D eigenvalue weighted by molar-refractivity contribution is 6.30. The lowest BCUT2D eigenvalue weighted by Gasteiger charge is -2.38. The first-order chi connectivity index (χ1) is 8.69. The molecule has 2 atom stereocenters. The number of piperidine rings is 1. The van der Waals surface area contributed by atoms with Crippen molar-refractivity contribution in [3.63, 3.8) is 0 Å². The van der Waals surface area contributed by atoms with Gasteiger partial charge in [0.2, 0.25) is 0 Å². The fraction of sp³-hybridized carbons (Fsp3) is 0.571. The summed E-state index contributed by atoms with van der Waals surface area (Å²) in [5.74, 6) is 0.647.